The normalized spacial score (nSPS) is 20.7. The Morgan fingerprint density at radius 3 is 3.00 bits per heavy atom. The predicted octanol–water partition coefficient (Wildman–Crippen LogP) is 3.35. The third kappa shape index (κ3) is 3.65. The van der Waals surface area contributed by atoms with Gasteiger partial charge in [0.15, 0.2) is 5.82 Å². The molecule has 4 rings (SSSR count). The molecule has 0 amide bonds. The summed E-state index contributed by atoms with van der Waals surface area (Å²) in [5.74, 6) is 1.33. The fraction of sp³-hybridized carbons (Fsp3) is 0.333. The molecule has 1 N–H and O–H groups in total. The molecule has 2 unspecified atom stereocenters. The summed E-state index contributed by atoms with van der Waals surface area (Å²) in [4.78, 5) is 6.50. The largest absolute Gasteiger partial charge is 0.468 e. The molecule has 1 aliphatic rings. The van der Waals surface area contributed by atoms with Crippen LogP contribution in [-0.4, -0.2) is 32.8 Å². The third-order valence-electron chi connectivity index (χ3n) is 4.45. The van der Waals surface area contributed by atoms with Crippen LogP contribution in [0.4, 0.5) is 4.39 Å². The Balaban J connectivity index is 1.50. The molecule has 26 heavy (non-hydrogen) atoms. The zero-order chi connectivity index (χ0) is 18.1. The van der Waals surface area contributed by atoms with Crippen molar-refractivity contribution in [3.05, 3.63) is 70.5 Å². The molecule has 3 heterocycles. The number of likely N-dealkylation sites (tertiary alicyclic amines) is 1. The Morgan fingerprint density at radius 1 is 1.35 bits per heavy atom. The first-order valence-corrected chi connectivity index (χ1v) is 8.67. The Bertz CT molecular complexity index is 884. The van der Waals surface area contributed by atoms with Crippen LogP contribution in [0.3, 0.4) is 0 Å². The van der Waals surface area contributed by atoms with Crippen molar-refractivity contribution >= 4 is 11.6 Å². The molecule has 3 aromatic rings. The third-order valence-corrected chi connectivity index (χ3v) is 4.80. The van der Waals surface area contributed by atoms with Crippen molar-refractivity contribution in [2.45, 2.75) is 31.5 Å². The van der Waals surface area contributed by atoms with Crippen molar-refractivity contribution in [3.8, 4) is 0 Å². The number of aliphatic hydroxyl groups excluding tert-OH is 1. The van der Waals surface area contributed by atoms with Crippen molar-refractivity contribution in [3.63, 3.8) is 0 Å². The molecule has 0 radical (unpaired) electrons. The molecular weight excluding hydrogens is 361 g/mol. The van der Waals surface area contributed by atoms with Gasteiger partial charge in [-0.05, 0) is 36.2 Å². The van der Waals surface area contributed by atoms with Gasteiger partial charge in [-0.15, -0.1) is 0 Å². The average molecular weight is 378 g/mol. The van der Waals surface area contributed by atoms with Gasteiger partial charge in [-0.2, -0.15) is 4.98 Å². The molecule has 0 bridgehead atoms. The molecule has 8 heteroatoms. The fourth-order valence-electron chi connectivity index (χ4n) is 3.22. The van der Waals surface area contributed by atoms with Crippen LogP contribution >= 0.6 is 11.6 Å². The summed E-state index contributed by atoms with van der Waals surface area (Å²) in [5, 5.41) is 14.4. The van der Waals surface area contributed by atoms with Gasteiger partial charge >= 0.3 is 0 Å². The monoisotopic (exact) mass is 377 g/mol. The average Bonchev–Trinajstić information content (AvgIpc) is 3.32. The fourth-order valence-corrected chi connectivity index (χ4v) is 3.46. The van der Waals surface area contributed by atoms with Gasteiger partial charge in [-0.3, -0.25) is 4.90 Å². The minimum Gasteiger partial charge on any atom is -0.468 e. The lowest BCUT2D eigenvalue weighted by Gasteiger charge is -2.19. The van der Waals surface area contributed by atoms with E-state index < -0.39 is 6.10 Å². The Labute approximate surface area is 154 Å². The van der Waals surface area contributed by atoms with Crippen LogP contribution in [0.15, 0.2) is 45.5 Å². The standard InChI is InChI=1S/C18H17ClFN3O3/c19-15-7-12(20)4-3-11(15)6-17-21-18(26-22-17)16-8-13(24)9-23(16)10-14-2-1-5-25-14/h1-5,7,13,16,24H,6,8-10H2. The predicted molar refractivity (Wildman–Crippen MR) is 91.0 cm³/mol. The second-order valence-corrected chi connectivity index (χ2v) is 6.78. The molecule has 0 aliphatic carbocycles. The number of aliphatic hydroxyl groups is 1. The number of benzene rings is 1. The summed E-state index contributed by atoms with van der Waals surface area (Å²) < 4.78 is 24.0. The highest BCUT2D eigenvalue weighted by atomic mass is 35.5. The highest BCUT2D eigenvalue weighted by molar-refractivity contribution is 6.31. The summed E-state index contributed by atoms with van der Waals surface area (Å²) in [6, 6.07) is 7.75. The van der Waals surface area contributed by atoms with Crippen LogP contribution in [0.1, 0.15) is 35.5 Å². The van der Waals surface area contributed by atoms with Gasteiger partial charge in [0, 0.05) is 18.0 Å². The molecule has 1 aromatic carbocycles. The zero-order valence-corrected chi connectivity index (χ0v) is 14.6. The van der Waals surface area contributed by atoms with E-state index in [4.69, 9.17) is 20.5 Å². The first-order valence-electron chi connectivity index (χ1n) is 8.29. The first kappa shape index (κ1) is 17.2. The summed E-state index contributed by atoms with van der Waals surface area (Å²) in [5.41, 5.74) is 0.722. The lowest BCUT2D eigenvalue weighted by molar-refractivity contribution is 0.163. The molecule has 1 saturated heterocycles. The van der Waals surface area contributed by atoms with Crippen LogP contribution in [0.5, 0.6) is 0 Å². The molecule has 6 nitrogen and oxygen atoms in total. The molecule has 0 spiro atoms. The van der Waals surface area contributed by atoms with Crippen LogP contribution in [0.2, 0.25) is 5.02 Å². The van der Waals surface area contributed by atoms with E-state index >= 15 is 0 Å². The van der Waals surface area contributed by atoms with Gasteiger partial charge in [-0.1, -0.05) is 22.8 Å². The minimum atomic E-state index is -0.461. The summed E-state index contributed by atoms with van der Waals surface area (Å²) >= 11 is 6.06. The summed E-state index contributed by atoms with van der Waals surface area (Å²) in [6.07, 6.45) is 2.01. The first-order chi connectivity index (χ1) is 12.6. The van der Waals surface area contributed by atoms with Crippen molar-refractivity contribution in [1.82, 2.24) is 15.0 Å². The molecule has 1 fully saturated rings. The molecule has 0 saturated carbocycles. The number of rotatable bonds is 5. The second-order valence-electron chi connectivity index (χ2n) is 6.38. The topological polar surface area (TPSA) is 75.5 Å². The van der Waals surface area contributed by atoms with Gasteiger partial charge < -0.3 is 14.0 Å². The number of hydrogen-bond donors (Lipinski definition) is 1. The van der Waals surface area contributed by atoms with E-state index in [1.54, 1.807) is 12.3 Å². The summed E-state index contributed by atoms with van der Waals surface area (Å²) in [7, 11) is 0. The maximum atomic E-state index is 13.2. The van der Waals surface area contributed by atoms with Crippen molar-refractivity contribution in [2.24, 2.45) is 0 Å². The molecule has 2 aromatic heterocycles. The number of hydrogen-bond acceptors (Lipinski definition) is 6. The number of halogens is 2. The van der Waals surface area contributed by atoms with E-state index in [2.05, 4.69) is 10.1 Å². The quantitative estimate of drug-likeness (QED) is 0.734. The van der Waals surface area contributed by atoms with Gasteiger partial charge in [0.25, 0.3) is 0 Å². The highest BCUT2D eigenvalue weighted by Gasteiger charge is 2.36. The van der Waals surface area contributed by atoms with Gasteiger partial charge in [-0.25, -0.2) is 4.39 Å². The van der Waals surface area contributed by atoms with E-state index in [9.17, 15) is 9.50 Å². The van der Waals surface area contributed by atoms with E-state index in [0.29, 0.717) is 42.7 Å². The number of nitrogens with zero attached hydrogens (tertiary/aromatic N) is 3. The molecular formula is C18H17ClFN3O3. The van der Waals surface area contributed by atoms with Gasteiger partial charge in [0.1, 0.15) is 11.6 Å². The van der Waals surface area contributed by atoms with Crippen LogP contribution in [-0.2, 0) is 13.0 Å². The number of furan rings is 1. The van der Waals surface area contributed by atoms with Crippen molar-refractivity contribution in [2.75, 3.05) is 6.54 Å². The Hall–Kier alpha value is -2.22. The molecule has 1 aliphatic heterocycles. The lowest BCUT2D eigenvalue weighted by Crippen LogP contribution is -2.24. The van der Waals surface area contributed by atoms with Crippen LogP contribution in [0.25, 0.3) is 0 Å². The summed E-state index contributed by atoms with van der Waals surface area (Å²) in [6.45, 7) is 1.06. The molecule has 136 valence electrons. The second kappa shape index (κ2) is 7.19. The lowest BCUT2D eigenvalue weighted by atomic mass is 10.1. The zero-order valence-electron chi connectivity index (χ0n) is 13.8. The maximum absolute atomic E-state index is 13.2. The van der Waals surface area contributed by atoms with Gasteiger partial charge in [0.2, 0.25) is 5.89 Å². The van der Waals surface area contributed by atoms with E-state index in [0.717, 1.165) is 11.3 Å². The van der Waals surface area contributed by atoms with E-state index in [1.807, 2.05) is 17.0 Å². The number of β-amino-alcohol motifs (C(OH)–C–C–N with tert-alkyl or cyclic N) is 1. The smallest absolute Gasteiger partial charge is 0.244 e. The van der Waals surface area contributed by atoms with Crippen LogP contribution < -0.4 is 0 Å². The van der Waals surface area contributed by atoms with E-state index in [1.165, 1.54) is 12.1 Å². The van der Waals surface area contributed by atoms with Gasteiger partial charge in [0.05, 0.1) is 25.0 Å². The van der Waals surface area contributed by atoms with Crippen LogP contribution in [0, 0.1) is 5.82 Å². The molecule has 2 atom stereocenters. The number of aromatic nitrogens is 2. The maximum Gasteiger partial charge on any atom is 0.244 e. The van der Waals surface area contributed by atoms with Crippen molar-refractivity contribution < 1.29 is 18.4 Å². The van der Waals surface area contributed by atoms with E-state index in [-0.39, 0.29) is 11.9 Å². The Morgan fingerprint density at radius 2 is 2.23 bits per heavy atom. The Kier molecular flexibility index (Phi) is 4.76. The minimum absolute atomic E-state index is 0.181. The highest BCUT2D eigenvalue weighted by Crippen LogP contribution is 2.33. The SMILES string of the molecule is OC1CC(c2nc(Cc3ccc(F)cc3Cl)no2)N(Cc2ccco2)C1. The van der Waals surface area contributed by atoms with Crippen molar-refractivity contribution in [1.29, 1.82) is 0 Å².